The van der Waals surface area contributed by atoms with E-state index in [4.69, 9.17) is 4.74 Å². The normalized spacial score (nSPS) is 46.1. The zero-order valence-electron chi connectivity index (χ0n) is 47.4. The molecule has 71 heavy (non-hydrogen) atoms. The molecule has 9 rings (SSSR count). The fourth-order valence-electron chi connectivity index (χ4n) is 22.0. The Balaban J connectivity index is 0.868. The standard InChI is InChI=1S/C64H104N2O5/c1-39(2)16-14-17-41(5)47-21-22-48-46-20-19-43-38-44(25-30-59(43,9)49(46)27-31-60(47,48)10)71-57(70)64-34-26-45(40(3)4)55(64)50-23-24-53-61(11)32-29-54(65-37-15-18-51(56(68)69)66-42(6)67)58(7,8)52(61)28-33-63(53,13)62(50,12)35-36-64/h19,39,41,44-55,65H,3,14-18,20-38H2,1-2,4-13H3,(H,66,67)(H,68,69)/t41-,44+,45?,46+,47-,48+,49+,50-,51?,52?,53-,54?,55?,59+,60-,61+,62-,63-,64+/m1/s1. The highest BCUT2D eigenvalue weighted by Gasteiger charge is 2.72. The topological polar surface area (TPSA) is 105 Å². The Morgan fingerprint density at radius 3 is 2.17 bits per heavy atom. The molecule has 1 amide bonds. The molecule has 400 valence electrons. The predicted molar refractivity (Wildman–Crippen MR) is 288 cm³/mol. The van der Waals surface area contributed by atoms with Gasteiger partial charge in [0.2, 0.25) is 5.91 Å². The van der Waals surface area contributed by atoms with Gasteiger partial charge in [-0.25, -0.2) is 4.79 Å². The SMILES string of the molecule is C=C(C)C1CC[C@]2(C(=O)O[C@H]3CC[C@@]4(C)C(=CC[C@H]5[C@@H]6CC[C@H]([C@H](C)CCCC(C)C)[C@@]6(C)CC[C@@H]54)C3)CC[C@]3(C)[C@H](CC[C@@H]4[C@@]5(C)CCC(NCCCC(NC(C)=O)C(=O)O)C(C)(C)C5CC[C@]43C)C12. The van der Waals surface area contributed by atoms with Crippen LogP contribution >= 0.6 is 0 Å². The van der Waals surface area contributed by atoms with Crippen LogP contribution in [0.4, 0.5) is 0 Å². The van der Waals surface area contributed by atoms with Crippen molar-refractivity contribution in [2.75, 3.05) is 6.54 Å². The predicted octanol–water partition coefficient (Wildman–Crippen LogP) is 14.9. The van der Waals surface area contributed by atoms with Crippen molar-refractivity contribution in [1.82, 2.24) is 10.6 Å². The summed E-state index contributed by atoms with van der Waals surface area (Å²) >= 11 is 0. The molecule has 7 nitrogen and oxygen atoms in total. The molecule has 0 radical (unpaired) electrons. The van der Waals surface area contributed by atoms with Crippen molar-refractivity contribution in [2.24, 2.45) is 103 Å². The summed E-state index contributed by atoms with van der Waals surface area (Å²) < 4.78 is 7.04. The molecule has 3 N–H and O–H groups in total. The fraction of sp³-hybridized carbons (Fsp3) is 0.891. The van der Waals surface area contributed by atoms with Gasteiger partial charge in [0.05, 0.1) is 5.41 Å². The van der Waals surface area contributed by atoms with Gasteiger partial charge < -0.3 is 20.5 Å². The minimum atomic E-state index is -0.961. The third kappa shape index (κ3) is 8.70. The number of carbonyl (C=O) groups is 3. The first-order chi connectivity index (χ1) is 33.4. The molecule has 0 aliphatic heterocycles. The van der Waals surface area contributed by atoms with E-state index in [0.29, 0.717) is 53.9 Å². The maximum atomic E-state index is 15.4. The molecule has 19 atom stereocenters. The number of carbonyl (C=O) groups excluding carboxylic acids is 2. The highest BCUT2D eigenvalue weighted by molar-refractivity contribution is 5.82. The van der Waals surface area contributed by atoms with E-state index in [1.807, 2.05) is 0 Å². The number of rotatable bonds is 15. The van der Waals surface area contributed by atoms with Crippen LogP contribution in [-0.4, -0.2) is 47.7 Å². The smallest absolute Gasteiger partial charge is 0.326 e. The molecule has 0 saturated heterocycles. The van der Waals surface area contributed by atoms with Crippen molar-refractivity contribution < 1.29 is 24.2 Å². The zero-order chi connectivity index (χ0) is 51.3. The lowest BCUT2D eigenvalue weighted by Crippen LogP contribution is -2.68. The molecule has 8 saturated carbocycles. The third-order valence-electron chi connectivity index (χ3n) is 25.8. The summed E-state index contributed by atoms with van der Waals surface area (Å²) in [5.41, 5.74) is 3.97. The number of esters is 1. The van der Waals surface area contributed by atoms with Crippen LogP contribution in [0.5, 0.6) is 0 Å². The van der Waals surface area contributed by atoms with E-state index in [0.717, 1.165) is 87.0 Å². The molecule has 0 aromatic heterocycles. The Kier molecular flexibility index (Phi) is 14.7. The number of ether oxygens (including phenoxy) is 1. The van der Waals surface area contributed by atoms with Crippen molar-refractivity contribution in [2.45, 2.75) is 249 Å². The molecular weight excluding hydrogens is 877 g/mol. The van der Waals surface area contributed by atoms with E-state index in [1.165, 1.54) is 102 Å². The Hall–Kier alpha value is -2.15. The van der Waals surface area contributed by atoms with E-state index >= 15 is 4.79 Å². The summed E-state index contributed by atoms with van der Waals surface area (Å²) in [6.07, 6.45) is 29.5. The van der Waals surface area contributed by atoms with Crippen LogP contribution in [-0.2, 0) is 19.1 Å². The molecule has 8 fully saturated rings. The number of allylic oxidation sites excluding steroid dienone is 2. The number of carboxylic acids is 1. The van der Waals surface area contributed by atoms with Gasteiger partial charge in [-0.3, -0.25) is 9.59 Å². The number of hydrogen-bond acceptors (Lipinski definition) is 5. The van der Waals surface area contributed by atoms with Gasteiger partial charge in [0, 0.05) is 19.4 Å². The summed E-state index contributed by atoms with van der Waals surface area (Å²) in [4.78, 5) is 38.8. The van der Waals surface area contributed by atoms with Crippen LogP contribution < -0.4 is 10.6 Å². The minimum Gasteiger partial charge on any atom is -0.480 e. The van der Waals surface area contributed by atoms with Crippen molar-refractivity contribution in [3.63, 3.8) is 0 Å². The maximum Gasteiger partial charge on any atom is 0.326 e. The second kappa shape index (κ2) is 19.5. The molecular formula is C64H104N2O5. The van der Waals surface area contributed by atoms with Gasteiger partial charge in [0.15, 0.2) is 0 Å². The second-order valence-corrected chi connectivity index (χ2v) is 29.5. The number of nitrogens with one attached hydrogen (secondary N) is 2. The van der Waals surface area contributed by atoms with Crippen LogP contribution in [0, 0.1) is 103 Å². The lowest BCUT2D eigenvalue weighted by Gasteiger charge is -2.73. The van der Waals surface area contributed by atoms with E-state index in [9.17, 15) is 14.7 Å². The Morgan fingerprint density at radius 1 is 0.732 bits per heavy atom. The lowest BCUT2D eigenvalue weighted by molar-refractivity contribution is -0.242. The Morgan fingerprint density at radius 2 is 1.46 bits per heavy atom. The van der Waals surface area contributed by atoms with Crippen molar-refractivity contribution in [3.8, 4) is 0 Å². The van der Waals surface area contributed by atoms with Crippen molar-refractivity contribution >= 4 is 17.8 Å². The quantitative estimate of drug-likeness (QED) is 0.0858. The minimum absolute atomic E-state index is 0.00356. The molecule has 0 bridgehead atoms. The maximum absolute atomic E-state index is 15.4. The first-order valence-corrected chi connectivity index (χ1v) is 30.2. The number of aliphatic carboxylic acids is 1. The second-order valence-electron chi connectivity index (χ2n) is 29.5. The first-order valence-electron chi connectivity index (χ1n) is 30.2. The van der Waals surface area contributed by atoms with Gasteiger partial charge in [-0.15, -0.1) is 0 Å². The first kappa shape index (κ1) is 53.7. The monoisotopic (exact) mass is 981 g/mol. The summed E-state index contributed by atoms with van der Waals surface area (Å²) in [6.45, 7) is 34.9. The summed E-state index contributed by atoms with van der Waals surface area (Å²) in [5.74, 6) is 6.33. The number of amides is 1. The molecule has 0 spiro atoms. The zero-order valence-corrected chi connectivity index (χ0v) is 47.4. The molecule has 0 heterocycles. The van der Waals surface area contributed by atoms with Crippen molar-refractivity contribution in [3.05, 3.63) is 23.8 Å². The lowest BCUT2D eigenvalue weighted by atomic mass is 9.32. The number of carboxylic acid groups (broad SMARTS) is 1. The van der Waals surface area contributed by atoms with Gasteiger partial charge in [-0.2, -0.15) is 0 Å². The third-order valence-corrected chi connectivity index (χ3v) is 25.8. The highest BCUT2D eigenvalue weighted by Crippen LogP contribution is 2.78. The van der Waals surface area contributed by atoms with E-state index in [2.05, 4.69) is 99.4 Å². The largest absolute Gasteiger partial charge is 0.480 e. The van der Waals surface area contributed by atoms with Gasteiger partial charge in [-0.05, 0) is 233 Å². The van der Waals surface area contributed by atoms with Gasteiger partial charge >= 0.3 is 11.9 Å². The van der Waals surface area contributed by atoms with Gasteiger partial charge in [0.1, 0.15) is 12.1 Å². The summed E-state index contributed by atoms with van der Waals surface area (Å²) in [5, 5.41) is 16.2. The average molecular weight is 982 g/mol. The Labute approximate surface area is 433 Å². The van der Waals surface area contributed by atoms with Crippen molar-refractivity contribution in [1.29, 1.82) is 0 Å². The molecule has 7 heteroatoms. The summed E-state index contributed by atoms with van der Waals surface area (Å²) in [6, 6.07) is -0.457. The Bertz CT molecular complexity index is 2060. The molecule has 0 aromatic carbocycles. The fourth-order valence-corrected chi connectivity index (χ4v) is 22.0. The molecule has 9 aliphatic rings. The van der Waals surface area contributed by atoms with Crippen LogP contribution in [0.3, 0.4) is 0 Å². The van der Waals surface area contributed by atoms with Gasteiger partial charge in [0.25, 0.3) is 0 Å². The van der Waals surface area contributed by atoms with Crippen LogP contribution in [0.1, 0.15) is 231 Å². The van der Waals surface area contributed by atoms with E-state index < -0.39 is 17.4 Å². The number of hydrogen-bond donors (Lipinski definition) is 3. The van der Waals surface area contributed by atoms with Gasteiger partial charge in [-0.1, -0.05) is 112 Å². The van der Waals surface area contributed by atoms with E-state index in [1.54, 1.807) is 5.57 Å². The molecule has 9 aliphatic carbocycles. The summed E-state index contributed by atoms with van der Waals surface area (Å²) in [7, 11) is 0. The molecule has 0 aromatic rings. The van der Waals surface area contributed by atoms with Crippen LogP contribution in [0.15, 0.2) is 23.8 Å². The van der Waals surface area contributed by atoms with Crippen LogP contribution in [0.2, 0.25) is 0 Å². The highest BCUT2D eigenvalue weighted by atomic mass is 16.5. The average Bonchev–Trinajstić information content (AvgIpc) is 3.87. The molecule has 5 unspecified atom stereocenters. The number of fused-ring (bicyclic) bond motifs is 12. The van der Waals surface area contributed by atoms with E-state index in [-0.39, 0.29) is 45.1 Å². The van der Waals surface area contributed by atoms with Crippen LogP contribution in [0.25, 0.3) is 0 Å².